The van der Waals surface area contributed by atoms with Crippen LogP contribution >= 0.6 is 0 Å². The van der Waals surface area contributed by atoms with E-state index in [1.54, 1.807) is 0 Å². The molecule has 1 rings (SSSR count). The number of rotatable bonds is 6. The highest BCUT2D eigenvalue weighted by Crippen LogP contribution is 2.19. The van der Waals surface area contributed by atoms with Crippen LogP contribution in [0.5, 0.6) is 0 Å². The zero-order valence-electron chi connectivity index (χ0n) is 12.5. The molecule has 0 unspecified atom stereocenters. The Kier molecular flexibility index (Phi) is 5.73. The van der Waals surface area contributed by atoms with Gasteiger partial charge in [0.05, 0.1) is 0 Å². The monoisotopic (exact) mass is 281 g/mol. The molecule has 112 valence electrons. The minimum absolute atomic E-state index is 0.0848. The van der Waals surface area contributed by atoms with E-state index >= 15 is 0 Å². The molecule has 0 aliphatic heterocycles. The fourth-order valence-electron chi connectivity index (χ4n) is 2.25. The molecule has 1 heterocycles. The molecule has 0 spiro atoms. The van der Waals surface area contributed by atoms with Gasteiger partial charge in [-0.15, -0.1) is 0 Å². The first-order valence-electron chi connectivity index (χ1n) is 6.87. The lowest BCUT2D eigenvalue weighted by molar-refractivity contribution is -0.122. The van der Waals surface area contributed by atoms with Gasteiger partial charge in [0.1, 0.15) is 6.54 Å². The Morgan fingerprint density at radius 1 is 1.25 bits per heavy atom. The number of H-pyrrole nitrogens is 1. The highest BCUT2D eigenvalue weighted by atomic mass is 16.2. The SMILES string of the molecule is CC(C)C(CNC(=O)Cn1ccc(=O)[nH]c1=O)C(C)C. The van der Waals surface area contributed by atoms with Crippen LogP contribution in [0.3, 0.4) is 0 Å². The number of nitrogens with one attached hydrogen (secondary N) is 2. The first-order valence-corrected chi connectivity index (χ1v) is 6.87. The van der Waals surface area contributed by atoms with Crippen LogP contribution in [-0.2, 0) is 11.3 Å². The van der Waals surface area contributed by atoms with Crippen molar-refractivity contribution in [3.63, 3.8) is 0 Å². The van der Waals surface area contributed by atoms with E-state index in [1.165, 1.54) is 16.8 Å². The van der Waals surface area contributed by atoms with Gasteiger partial charge in [-0.1, -0.05) is 27.7 Å². The maximum absolute atomic E-state index is 11.8. The fourth-order valence-corrected chi connectivity index (χ4v) is 2.25. The minimum Gasteiger partial charge on any atom is -0.354 e. The van der Waals surface area contributed by atoms with Gasteiger partial charge in [0.25, 0.3) is 5.56 Å². The molecular formula is C14H23N3O3. The van der Waals surface area contributed by atoms with Crippen molar-refractivity contribution in [3.8, 4) is 0 Å². The Bertz CT molecular complexity index is 549. The summed E-state index contributed by atoms with van der Waals surface area (Å²) in [6.45, 7) is 9.02. The Morgan fingerprint density at radius 3 is 2.35 bits per heavy atom. The fraction of sp³-hybridized carbons (Fsp3) is 0.643. The lowest BCUT2D eigenvalue weighted by Gasteiger charge is -2.25. The highest BCUT2D eigenvalue weighted by molar-refractivity contribution is 5.75. The smallest absolute Gasteiger partial charge is 0.328 e. The van der Waals surface area contributed by atoms with Gasteiger partial charge in [-0.3, -0.25) is 19.1 Å². The predicted octanol–water partition coefficient (Wildman–Crippen LogP) is 0.581. The molecule has 1 amide bonds. The van der Waals surface area contributed by atoms with E-state index in [1.807, 2.05) is 0 Å². The molecule has 1 aromatic rings. The number of amides is 1. The molecule has 0 aromatic carbocycles. The molecule has 6 heteroatoms. The third-order valence-electron chi connectivity index (χ3n) is 3.46. The zero-order valence-corrected chi connectivity index (χ0v) is 12.5. The summed E-state index contributed by atoms with van der Waals surface area (Å²) in [5.41, 5.74) is -1.04. The van der Waals surface area contributed by atoms with Crippen molar-refractivity contribution in [2.75, 3.05) is 6.54 Å². The molecule has 0 saturated heterocycles. The van der Waals surface area contributed by atoms with Crippen LogP contribution < -0.4 is 16.6 Å². The number of nitrogens with zero attached hydrogens (tertiary/aromatic N) is 1. The molecule has 0 aliphatic carbocycles. The van der Waals surface area contributed by atoms with Gasteiger partial charge in [0, 0.05) is 18.8 Å². The summed E-state index contributed by atoms with van der Waals surface area (Å²) in [5, 5.41) is 2.85. The molecule has 0 saturated carbocycles. The van der Waals surface area contributed by atoms with Crippen LogP contribution in [0.1, 0.15) is 27.7 Å². The minimum atomic E-state index is -0.572. The van der Waals surface area contributed by atoms with Crippen LogP contribution in [0, 0.1) is 17.8 Å². The number of aromatic nitrogens is 2. The first kappa shape index (κ1) is 16.2. The van der Waals surface area contributed by atoms with E-state index in [0.717, 1.165) is 0 Å². The average Bonchev–Trinajstić information content (AvgIpc) is 2.32. The maximum Gasteiger partial charge on any atom is 0.328 e. The van der Waals surface area contributed by atoms with Gasteiger partial charge < -0.3 is 5.32 Å². The molecule has 0 atom stereocenters. The van der Waals surface area contributed by atoms with E-state index in [0.29, 0.717) is 24.3 Å². The summed E-state index contributed by atoms with van der Waals surface area (Å²) in [6.07, 6.45) is 1.32. The van der Waals surface area contributed by atoms with Crippen molar-refractivity contribution in [1.82, 2.24) is 14.9 Å². The second kappa shape index (κ2) is 7.07. The second-order valence-corrected chi connectivity index (χ2v) is 5.69. The average molecular weight is 281 g/mol. The third-order valence-corrected chi connectivity index (χ3v) is 3.46. The van der Waals surface area contributed by atoms with Crippen LogP contribution in [0.15, 0.2) is 21.9 Å². The number of aromatic amines is 1. The van der Waals surface area contributed by atoms with Crippen molar-refractivity contribution in [3.05, 3.63) is 33.1 Å². The molecule has 0 aliphatic rings. The van der Waals surface area contributed by atoms with E-state index in [9.17, 15) is 14.4 Å². The standard InChI is InChI=1S/C14H23N3O3/c1-9(2)11(10(3)4)7-15-13(19)8-17-6-5-12(18)16-14(17)20/h5-6,9-11H,7-8H2,1-4H3,(H,15,19)(H,16,18,20). The first-order chi connectivity index (χ1) is 9.31. The third kappa shape index (κ3) is 4.68. The van der Waals surface area contributed by atoms with Crippen LogP contribution in [-0.4, -0.2) is 22.0 Å². The molecule has 0 fully saturated rings. The Balaban J connectivity index is 2.60. The summed E-state index contributed by atoms with van der Waals surface area (Å²) < 4.78 is 1.18. The van der Waals surface area contributed by atoms with E-state index in [-0.39, 0.29) is 12.5 Å². The lowest BCUT2D eigenvalue weighted by Crippen LogP contribution is -2.38. The van der Waals surface area contributed by atoms with Crippen LogP contribution in [0.2, 0.25) is 0 Å². The summed E-state index contributed by atoms with van der Waals surface area (Å²) in [4.78, 5) is 36.3. The quantitative estimate of drug-likeness (QED) is 0.800. The van der Waals surface area contributed by atoms with Gasteiger partial charge in [0.2, 0.25) is 5.91 Å². The summed E-state index contributed by atoms with van der Waals surface area (Å²) in [5.74, 6) is 1.12. The molecule has 1 aromatic heterocycles. The predicted molar refractivity (Wildman–Crippen MR) is 77.5 cm³/mol. The number of hydrogen-bond donors (Lipinski definition) is 2. The van der Waals surface area contributed by atoms with Crippen molar-refractivity contribution >= 4 is 5.91 Å². The Hall–Kier alpha value is -1.85. The Morgan fingerprint density at radius 2 is 1.85 bits per heavy atom. The normalized spacial score (nSPS) is 11.3. The lowest BCUT2D eigenvalue weighted by atomic mass is 9.85. The van der Waals surface area contributed by atoms with E-state index in [2.05, 4.69) is 38.0 Å². The van der Waals surface area contributed by atoms with Crippen molar-refractivity contribution in [2.24, 2.45) is 17.8 Å². The van der Waals surface area contributed by atoms with Gasteiger partial charge in [-0.05, 0) is 17.8 Å². The van der Waals surface area contributed by atoms with Gasteiger partial charge in [-0.25, -0.2) is 4.79 Å². The summed E-state index contributed by atoms with van der Waals surface area (Å²) in [7, 11) is 0. The van der Waals surface area contributed by atoms with Gasteiger partial charge in [0.15, 0.2) is 0 Å². The molecule has 0 radical (unpaired) electrons. The number of carbonyl (C=O) groups is 1. The summed E-state index contributed by atoms with van der Waals surface area (Å²) in [6, 6.07) is 1.22. The second-order valence-electron chi connectivity index (χ2n) is 5.69. The van der Waals surface area contributed by atoms with Crippen LogP contribution in [0.25, 0.3) is 0 Å². The van der Waals surface area contributed by atoms with E-state index in [4.69, 9.17) is 0 Å². The highest BCUT2D eigenvalue weighted by Gasteiger charge is 2.18. The molecule has 2 N–H and O–H groups in total. The molecule has 0 bridgehead atoms. The van der Waals surface area contributed by atoms with Crippen molar-refractivity contribution in [1.29, 1.82) is 0 Å². The number of hydrogen-bond acceptors (Lipinski definition) is 3. The maximum atomic E-state index is 11.8. The largest absolute Gasteiger partial charge is 0.354 e. The van der Waals surface area contributed by atoms with Gasteiger partial charge >= 0.3 is 5.69 Å². The molecule has 20 heavy (non-hydrogen) atoms. The van der Waals surface area contributed by atoms with Gasteiger partial charge in [-0.2, -0.15) is 0 Å². The van der Waals surface area contributed by atoms with Crippen LogP contribution in [0.4, 0.5) is 0 Å². The van der Waals surface area contributed by atoms with Crippen molar-refractivity contribution < 1.29 is 4.79 Å². The Labute approximate surface area is 118 Å². The summed E-state index contributed by atoms with van der Waals surface area (Å²) >= 11 is 0. The topological polar surface area (TPSA) is 84.0 Å². The molecule has 6 nitrogen and oxygen atoms in total. The van der Waals surface area contributed by atoms with E-state index < -0.39 is 11.2 Å². The molecular weight excluding hydrogens is 258 g/mol. The number of carbonyl (C=O) groups excluding carboxylic acids is 1. The van der Waals surface area contributed by atoms with Crippen molar-refractivity contribution in [2.45, 2.75) is 34.2 Å². The zero-order chi connectivity index (χ0) is 15.3.